The number of unbranched alkanes of at least 4 members (excludes halogenated alkanes) is 16. The molecule has 3 atom stereocenters. The Morgan fingerprint density at radius 3 is 1.12 bits per heavy atom. The van der Waals surface area contributed by atoms with Crippen LogP contribution in [0.3, 0.4) is 0 Å². The summed E-state index contributed by atoms with van der Waals surface area (Å²) in [4.78, 5) is 34.9. The number of rotatable bonds is 29. The van der Waals surface area contributed by atoms with Crippen molar-refractivity contribution in [2.75, 3.05) is 26.2 Å². The van der Waals surface area contributed by atoms with Crippen LogP contribution in [0.15, 0.2) is 12.2 Å². The van der Waals surface area contributed by atoms with Crippen LogP contribution in [0.4, 0.5) is 0 Å². The van der Waals surface area contributed by atoms with E-state index in [4.69, 9.17) is 0 Å². The number of quaternary nitrogens is 1. The minimum absolute atomic E-state index is 0.227. The van der Waals surface area contributed by atoms with E-state index in [-0.39, 0.29) is 24.1 Å². The molecule has 0 aromatic carbocycles. The van der Waals surface area contributed by atoms with E-state index in [1.165, 1.54) is 96.3 Å². The molecule has 7 nitrogen and oxygen atoms in total. The molecular formula is C34H64NO6+. The SMILES string of the molecule is CCC/C=C/CCCCCCCCCCCCCCCCC[N+](CC(C)C(=O)O)(CC(C)C(=O)O)CC(C)C(=O)O. The lowest BCUT2D eigenvalue weighted by Gasteiger charge is -2.42. The van der Waals surface area contributed by atoms with Gasteiger partial charge in [-0.3, -0.25) is 14.4 Å². The number of nitrogens with zero attached hydrogens (tertiary/aromatic N) is 1. The smallest absolute Gasteiger partial charge is 0.311 e. The maximum absolute atomic E-state index is 11.6. The maximum atomic E-state index is 11.6. The first kappa shape index (κ1) is 39.1. The van der Waals surface area contributed by atoms with E-state index in [2.05, 4.69) is 19.1 Å². The molecule has 0 aromatic heterocycles. The van der Waals surface area contributed by atoms with E-state index in [0.717, 1.165) is 19.3 Å². The Kier molecular flexibility index (Phi) is 23.5. The van der Waals surface area contributed by atoms with Crippen molar-refractivity contribution in [3.63, 3.8) is 0 Å². The van der Waals surface area contributed by atoms with Gasteiger partial charge in [0.1, 0.15) is 17.8 Å². The van der Waals surface area contributed by atoms with E-state index in [9.17, 15) is 29.7 Å². The molecule has 0 aliphatic carbocycles. The predicted molar refractivity (Wildman–Crippen MR) is 168 cm³/mol. The van der Waals surface area contributed by atoms with Gasteiger partial charge in [0.2, 0.25) is 0 Å². The highest BCUT2D eigenvalue weighted by atomic mass is 16.4. The molecule has 0 aliphatic rings. The first-order valence-electron chi connectivity index (χ1n) is 16.7. The summed E-state index contributed by atoms with van der Waals surface area (Å²) in [5.74, 6) is -4.79. The van der Waals surface area contributed by atoms with Gasteiger partial charge in [-0.25, -0.2) is 0 Å². The Balaban J connectivity index is 4.22. The van der Waals surface area contributed by atoms with Gasteiger partial charge in [-0.05, 0) is 52.9 Å². The molecule has 0 aliphatic heterocycles. The van der Waals surface area contributed by atoms with Crippen LogP contribution < -0.4 is 0 Å². The quantitative estimate of drug-likeness (QED) is 0.0463. The lowest BCUT2D eigenvalue weighted by Crippen LogP contribution is -2.57. The van der Waals surface area contributed by atoms with E-state index in [0.29, 0.717) is 6.54 Å². The second-order valence-electron chi connectivity index (χ2n) is 12.7. The molecule has 0 fully saturated rings. The molecule has 0 aromatic rings. The van der Waals surface area contributed by atoms with E-state index < -0.39 is 35.7 Å². The van der Waals surface area contributed by atoms with Crippen molar-refractivity contribution in [3.05, 3.63) is 12.2 Å². The molecule has 41 heavy (non-hydrogen) atoms. The lowest BCUT2D eigenvalue weighted by molar-refractivity contribution is -0.934. The zero-order valence-electron chi connectivity index (χ0n) is 27.0. The number of hydrogen-bond acceptors (Lipinski definition) is 3. The second-order valence-corrected chi connectivity index (χ2v) is 12.7. The average molecular weight is 583 g/mol. The van der Waals surface area contributed by atoms with Gasteiger partial charge in [-0.15, -0.1) is 0 Å². The van der Waals surface area contributed by atoms with Crippen molar-refractivity contribution < 1.29 is 34.2 Å². The highest BCUT2D eigenvalue weighted by Gasteiger charge is 2.38. The molecule has 7 heteroatoms. The number of carboxylic acids is 3. The summed E-state index contributed by atoms with van der Waals surface area (Å²) in [5.41, 5.74) is 0. The van der Waals surface area contributed by atoms with Gasteiger partial charge in [0, 0.05) is 0 Å². The van der Waals surface area contributed by atoms with Gasteiger partial charge in [0.15, 0.2) is 0 Å². The Hall–Kier alpha value is -1.89. The zero-order valence-corrected chi connectivity index (χ0v) is 27.0. The van der Waals surface area contributed by atoms with Gasteiger partial charge in [0.05, 0.1) is 26.2 Å². The lowest BCUT2D eigenvalue weighted by atomic mass is 10.00. The number of hydrogen-bond donors (Lipinski definition) is 3. The van der Waals surface area contributed by atoms with E-state index in [1.54, 1.807) is 20.8 Å². The molecule has 0 amide bonds. The molecule has 0 radical (unpaired) electrons. The molecule has 0 heterocycles. The molecule has 3 N–H and O–H groups in total. The summed E-state index contributed by atoms with van der Waals surface area (Å²) in [5, 5.41) is 28.6. The minimum atomic E-state index is -0.931. The second kappa shape index (κ2) is 24.7. The molecule has 0 saturated carbocycles. The molecule has 0 rings (SSSR count). The molecular weight excluding hydrogens is 518 g/mol. The van der Waals surface area contributed by atoms with Crippen LogP contribution in [0, 0.1) is 17.8 Å². The molecule has 0 saturated heterocycles. The summed E-state index contributed by atoms with van der Waals surface area (Å²) in [6.07, 6.45) is 27.1. The largest absolute Gasteiger partial charge is 0.481 e. The topological polar surface area (TPSA) is 112 Å². The van der Waals surface area contributed by atoms with Crippen LogP contribution in [-0.2, 0) is 14.4 Å². The van der Waals surface area contributed by atoms with Crippen LogP contribution >= 0.6 is 0 Å². The van der Waals surface area contributed by atoms with E-state index >= 15 is 0 Å². The molecule has 3 unspecified atom stereocenters. The van der Waals surface area contributed by atoms with Gasteiger partial charge in [0.25, 0.3) is 0 Å². The van der Waals surface area contributed by atoms with E-state index in [1.807, 2.05) is 0 Å². The fourth-order valence-electron chi connectivity index (χ4n) is 5.88. The molecule has 0 spiro atoms. The van der Waals surface area contributed by atoms with Crippen LogP contribution in [0.5, 0.6) is 0 Å². The highest BCUT2D eigenvalue weighted by molar-refractivity contribution is 5.70. The summed E-state index contributed by atoms with van der Waals surface area (Å²) < 4.78 is 0.227. The first-order chi connectivity index (χ1) is 19.5. The van der Waals surface area contributed by atoms with Crippen LogP contribution in [0.2, 0.25) is 0 Å². The van der Waals surface area contributed by atoms with Gasteiger partial charge >= 0.3 is 17.9 Å². The third kappa shape index (κ3) is 21.5. The van der Waals surface area contributed by atoms with Crippen LogP contribution in [0.25, 0.3) is 0 Å². The molecule has 240 valence electrons. The predicted octanol–water partition coefficient (Wildman–Crippen LogP) is 8.56. The van der Waals surface area contributed by atoms with Crippen molar-refractivity contribution in [2.45, 2.75) is 143 Å². The van der Waals surface area contributed by atoms with Crippen LogP contribution in [-0.4, -0.2) is 63.9 Å². The van der Waals surface area contributed by atoms with Crippen LogP contribution in [0.1, 0.15) is 143 Å². The van der Waals surface area contributed by atoms with Crippen molar-refractivity contribution in [3.8, 4) is 0 Å². The third-order valence-corrected chi connectivity index (χ3v) is 8.37. The van der Waals surface area contributed by atoms with Crippen molar-refractivity contribution >= 4 is 17.9 Å². The zero-order chi connectivity index (χ0) is 30.9. The van der Waals surface area contributed by atoms with Crippen molar-refractivity contribution in [1.82, 2.24) is 0 Å². The number of carbonyl (C=O) groups is 3. The normalized spacial score (nSPS) is 15.4. The van der Waals surface area contributed by atoms with Gasteiger partial charge in [-0.1, -0.05) is 103 Å². The monoisotopic (exact) mass is 582 g/mol. The Morgan fingerprint density at radius 1 is 0.512 bits per heavy atom. The first-order valence-corrected chi connectivity index (χ1v) is 16.7. The van der Waals surface area contributed by atoms with Gasteiger partial charge < -0.3 is 19.8 Å². The number of allylic oxidation sites excluding steroid dienone is 2. The molecule has 0 bridgehead atoms. The minimum Gasteiger partial charge on any atom is -0.481 e. The van der Waals surface area contributed by atoms with Gasteiger partial charge in [-0.2, -0.15) is 0 Å². The summed E-state index contributed by atoms with van der Waals surface area (Å²) in [7, 11) is 0. The third-order valence-electron chi connectivity index (χ3n) is 8.37. The Bertz CT molecular complexity index is 667. The maximum Gasteiger partial charge on any atom is 0.311 e. The fourth-order valence-corrected chi connectivity index (χ4v) is 5.88. The summed E-state index contributed by atoms with van der Waals surface area (Å²) in [6, 6.07) is 0. The Morgan fingerprint density at radius 2 is 0.805 bits per heavy atom. The standard InChI is InChI=1S/C34H63NO6/c1-5-6-7-8-9-10-11-12-13-14-15-16-17-18-19-20-21-22-23-24-25-35(26-29(2)32(36)37,27-30(3)33(38)39)28-31(4)34(40)41/h7-8,29-31H,5-6,9-28H2,1-4H3,(H2-,36,37,38,39,40,41)/p+1/b8-7+. The van der Waals surface area contributed by atoms with Crippen molar-refractivity contribution in [1.29, 1.82) is 0 Å². The average Bonchev–Trinajstić information content (AvgIpc) is 2.91. The highest BCUT2D eigenvalue weighted by Crippen LogP contribution is 2.22. The summed E-state index contributed by atoms with van der Waals surface area (Å²) in [6.45, 7) is 8.47. The fraction of sp³-hybridized carbons (Fsp3) is 0.853. The number of aliphatic carboxylic acids is 3. The van der Waals surface area contributed by atoms with Crippen molar-refractivity contribution in [2.24, 2.45) is 17.8 Å². The Labute approximate surface area is 251 Å². The number of carboxylic acid groups (broad SMARTS) is 3. The summed E-state index contributed by atoms with van der Waals surface area (Å²) >= 11 is 0.